The number of allylic oxidation sites excluding steroid dienone is 1. The van der Waals surface area contributed by atoms with Crippen LogP contribution in [0.15, 0.2) is 35.9 Å². The molecule has 0 aliphatic rings. The first-order chi connectivity index (χ1) is 8.79. The van der Waals surface area contributed by atoms with Crippen molar-refractivity contribution in [2.24, 2.45) is 0 Å². The third-order valence-electron chi connectivity index (χ3n) is 2.60. The first-order valence-electron chi connectivity index (χ1n) is 5.76. The first-order valence-corrected chi connectivity index (χ1v) is 7.80. The maximum absolute atomic E-state index is 12.6. The number of carbonyl (C=O) groups excluding carboxylic acids is 1. The van der Waals surface area contributed by atoms with Gasteiger partial charge >= 0.3 is 6.18 Å². The van der Waals surface area contributed by atoms with Crippen molar-refractivity contribution in [2.45, 2.75) is 19.5 Å². The van der Waals surface area contributed by atoms with Gasteiger partial charge in [0, 0.05) is 16.5 Å². The van der Waals surface area contributed by atoms with Crippen molar-refractivity contribution in [3.05, 3.63) is 41.5 Å². The standard InChI is InChI=1S/C14H16F3OS/c1-4-11(13(18)14(15,16)17)12(19(2)3)10-8-6-5-7-9-10/h5-9H,4H2,1-3H3/q+1/b12-11+. The molecule has 0 heterocycles. The van der Waals surface area contributed by atoms with E-state index in [-0.39, 0.29) is 12.0 Å². The van der Waals surface area contributed by atoms with Gasteiger partial charge in [0.1, 0.15) is 12.5 Å². The van der Waals surface area contributed by atoms with Crippen molar-refractivity contribution in [2.75, 3.05) is 12.5 Å². The minimum Gasteiger partial charge on any atom is -0.284 e. The summed E-state index contributed by atoms with van der Waals surface area (Å²) in [6.07, 6.45) is -1.10. The molecule has 104 valence electrons. The van der Waals surface area contributed by atoms with Crippen LogP contribution in [-0.2, 0) is 15.7 Å². The number of hydrogen-bond donors (Lipinski definition) is 0. The van der Waals surface area contributed by atoms with E-state index in [0.717, 1.165) is 0 Å². The van der Waals surface area contributed by atoms with Crippen molar-refractivity contribution >= 4 is 21.6 Å². The molecule has 0 N–H and O–H groups in total. The summed E-state index contributed by atoms with van der Waals surface area (Å²) in [6, 6.07) is 8.78. The Morgan fingerprint density at radius 2 is 1.68 bits per heavy atom. The molecule has 0 aliphatic heterocycles. The van der Waals surface area contributed by atoms with E-state index in [9.17, 15) is 18.0 Å². The second-order valence-electron chi connectivity index (χ2n) is 4.17. The van der Waals surface area contributed by atoms with E-state index >= 15 is 0 Å². The number of benzene rings is 1. The summed E-state index contributed by atoms with van der Waals surface area (Å²) in [7, 11) is -0.431. The molecule has 19 heavy (non-hydrogen) atoms. The second-order valence-corrected chi connectivity index (χ2v) is 6.21. The molecule has 1 aromatic rings. The molecule has 0 bridgehead atoms. The topological polar surface area (TPSA) is 17.1 Å². The Morgan fingerprint density at radius 3 is 2.05 bits per heavy atom. The van der Waals surface area contributed by atoms with Gasteiger partial charge in [-0.1, -0.05) is 25.1 Å². The second kappa shape index (κ2) is 6.28. The quantitative estimate of drug-likeness (QED) is 0.608. The summed E-state index contributed by atoms with van der Waals surface area (Å²) in [5.41, 5.74) is 0.553. The Labute approximate surface area is 113 Å². The summed E-state index contributed by atoms with van der Waals surface area (Å²) < 4.78 is 37.9. The Hall–Kier alpha value is -1.23. The molecule has 0 spiro atoms. The zero-order chi connectivity index (χ0) is 14.6. The van der Waals surface area contributed by atoms with Gasteiger partial charge in [0.05, 0.1) is 5.57 Å². The molecular formula is C14H16F3OS+. The highest BCUT2D eigenvalue weighted by Crippen LogP contribution is 2.31. The van der Waals surface area contributed by atoms with Crippen molar-refractivity contribution in [1.82, 2.24) is 0 Å². The Bertz CT molecular complexity index is 475. The molecule has 0 saturated heterocycles. The van der Waals surface area contributed by atoms with Crippen LogP contribution in [0.25, 0.3) is 4.91 Å². The van der Waals surface area contributed by atoms with Gasteiger partial charge in [-0.2, -0.15) is 13.2 Å². The zero-order valence-corrected chi connectivity index (χ0v) is 11.9. The summed E-state index contributed by atoms with van der Waals surface area (Å²) in [5, 5.41) is 0. The minimum atomic E-state index is -4.81. The lowest BCUT2D eigenvalue weighted by Gasteiger charge is -2.12. The summed E-state index contributed by atoms with van der Waals surface area (Å²) in [4.78, 5) is 12.0. The van der Waals surface area contributed by atoms with Crippen molar-refractivity contribution < 1.29 is 18.0 Å². The molecular weight excluding hydrogens is 273 g/mol. The van der Waals surface area contributed by atoms with Crippen molar-refractivity contribution in [3.63, 3.8) is 0 Å². The average molecular weight is 289 g/mol. The number of alkyl halides is 3. The molecule has 5 heteroatoms. The Kier molecular flexibility index (Phi) is 5.23. The van der Waals surface area contributed by atoms with Crippen LogP contribution in [0.1, 0.15) is 18.9 Å². The third kappa shape index (κ3) is 3.86. The lowest BCUT2D eigenvalue weighted by atomic mass is 10.0. The highest BCUT2D eigenvalue weighted by Gasteiger charge is 2.43. The molecule has 0 aliphatic carbocycles. The van der Waals surface area contributed by atoms with Crippen LogP contribution in [0.2, 0.25) is 0 Å². The summed E-state index contributed by atoms with van der Waals surface area (Å²) in [5.74, 6) is -1.73. The number of carbonyl (C=O) groups is 1. The van der Waals surface area contributed by atoms with Gasteiger partial charge in [-0.15, -0.1) is 0 Å². The van der Waals surface area contributed by atoms with Crippen molar-refractivity contribution in [3.8, 4) is 0 Å². The van der Waals surface area contributed by atoms with E-state index in [0.29, 0.717) is 10.5 Å². The minimum absolute atomic E-state index is 0.0771. The predicted molar refractivity (Wildman–Crippen MR) is 73.9 cm³/mol. The SMILES string of the molecule is CC/C(C(=O)C(F)(F)F)=C(/c1ccccc1)[S+](C)C. The van der Waals surface area contributed by atoms with Gasteiger partial charge in [-0.3, -0.25) is 4.79 Å². The van der Waals surface area contributed by atoms with Crippen LogP contribution >= 0.6 is 0 Å². The fraction of sp³-hybridized carbons (Fsp3) is 0.357. The number of hydrogen-bond acceptors (Lipinski definition) is 1. The van der Waals surface area contributed by atoms with Crippen LogP contribution in [0.4, 0.5) is 13.2 Å². The van der Waals surface area contributed by atoms with E-state index in [1.807, 2.05) is 12.5 Å². The van der Waals surface area contributed by atoms with E-state index < -0.39 is 22.9 Å². The maximum Gasteiger partial charge on any atom is 0.454 e. The molecule has 0 aromatic heterocycles. The molecule has 0 fully saturated rings. The van der Waals surface area contributed by atoms with Gasteiger partial charge in [-0.25, -0.2) is 0 Å². The average Bonchev–Trinajstić information content (AvgIpc) is 2.34. The zero-order valence-electron chi connectivity index (χ0n) is 11.0. The molecule has 1 rings (SSSR count). The number of Topliss-reactive ketones (excluding diaryl/α,β-unsaturated/α-hetero) is 1. The van der Waals surface area contributed by atoms with Crippen LogP contribution < -0.4 is 0 Å². The Morgan fingerprint density at radius 1 is 1.16 bits per heavy atom. The van der Waals surface area contributed by atoms with Gasteiger partial charge in [0.25, 0.3) is 5.78 Å². The molecule has 0 amide bonds. The fourth-order valence-electron chi connectivity index (χ4n) is 1.84. The van der Waals surface area contributed by atoms with Gasteiger partial charge in [-0.05, 0) is 18.6 Å². The predicted octanol–water partition coefficient (Wildman–Crippen LogP) is 3.82. The lowest BCUT2D eigenvalue weighted by molar-refractivity contribution is -0.166. The summed E-state index contributed by atoms with van der Waals surface area (Å²) >= 11 is 0. The number of halogens is 3. The summed E-state index contributed by atoms with van der Waals surface area (Å²) in [6.45, 7) is 1.58. The normalized spacial score (nSPS) is 13.4. The lowest BCUT2D eigenvalue weighted by Crippen LogP contribution is -2.26. The number of rotatable bonds is 4. The number of ketones is 1. The fourth-order valence-corrected chi connectivity index (χ4v) is 3.18. The van der Waals surface area contributed by atoms with Crippen LogP contribution in [0.3, 0.4) is 0 Å². The van der Waals surface area contributed by atoms with E-state index in [1.165, 1.54) is 0 Å². The van der Waals surface area contributed by atoms with Crippen molar-refractivity contribution in [1.29, 1.82) is 0 Å². The molecule has 1 nitrogen and oxygen atoms in total. The molecule has 0 atom stereocenters. The first kappa shape index (κ1) is 15.8. The monoisotopic (exact) mass is 289 g/mol. The molecule has 0 unspecified atom stereocenters. The van der Waals surface area contributed by atoms with E-state index in [1.54, 1.807) is 37.3 Å². The van der Waals surface area contributed by atoms with E-state index in [2.05, 4.69) is 0 Å². The molecule has 0 saturated carbocycles. The van der Waals surface area contributed by atoms with Gasteiger partial charge in [0.2, 0.25) is 0 Å². The largest absolute Gasteiger partial charge is 0.454 e. The van der Waals surface area contributed by atoms with Gasteiger partial charge < -0.3 is 0 Å². The van der Waals surface area contributed by atoms with Gasteiger partial charge in [0.15, 0.2) is 4.91 Å². The Balaban J connectivity index is 3.43. The van der Waals surface area contributed by atoms with Crippen LogP contribution in [0, 0.1) is 0 Å². The third-order valence-corrected chi connectivity index (χ3v) is 3.90. The van der Waals surface area contributed by atoms with Crippen LogP contribution in [-0.4, -0.2) is 24.5 Å². The molecule has 0 radical (unpaired) electrons. The smallest absolute Gasteiger partial charge is 0.284 e. The van der Waals surface area contributed by atoms with E-state index in [4.69, 9.17) is 0 Å². The molecule has 1 aromatic carbocycles. The highest BCUT2D eigenvalue weighted by atomic mass is 32.2. The maximum atomic E-state index is 12.6. The van der Waals surface area contributed by atoms with Crippen LogP contribution in [0.5, 0.6) is 0 Å². The highest BCUT2D eigenvalue weighted by molar-refractivity contribution is 8.04.